The van der Waals surface area contributed by atoms with Gasteiger partial charge in [-0.3, -0.25) is 0 Å². The Balaban J connectivity index is 1.98. The molecule has 1 unspecified atom stereocenters. The number of nitrogens with one attached hydrogen (secondary N) is 1. The maximum atomic E-state index is 3.74. The number of nitrogens with zero attached hydrogens (tertiary/aromatic N) is 1. The normalized spacial score (nSPS) is 19.6. The van der Waals surface area contributed by atoms with Crippen molar-refractivity contribution in [2.75, 3.05) is 24.5 Å². The minimum Gasteiger partial charge on any atom is -0.371 e. The molecule has 1 N–H and O–H groups in total. The van der Waals surface area contributed by atoms with Crippen LogP contribution in [0.25, 0.3) is 0 Å². The number of halogens is 1. The van der Waals surface area contributed by atoms with Crippen molar-refractivity contribution in [3.05, 3.63) is 28.2 Å². The summed E-state index contributed by atoms with van der Waals surface area (Å²) in [5.41, 5.74) is 2.73. The van der Waals surface area contributed by atoms with E-state index in [1.807, 2.05) is 0 Å². The van der Waals surface area contributed by atoms with E-state index in [2.05, 4.69) is 58.2 Å². The molecule has 0 aromatic heterocycles. The third kappa shape index (κ3) is 5.00. The van der Waals surface area contributed by atoms with Crippen LogP contribution in [-0.4, -0.2) is 19.6 Å². The highest BCUT2D eigenvalue weighted by atomic mass is 79.9. The Morgan fingerprint density at radius 3 is 2.81 bits per heavy atom. The van der Waals surface area contributed by atoms with Gasteiger partial charge >= 0.3 is 0 Å². The van der Waals surface area contributed by atoms with Gasteiger partial charge in [0.15, 0.2) is 0 Å². The summed E-state index contributed by atoms with van der Waals surface area (Å²) in [6, 6.07) is 6.86. The Labute approximate surface area is 138 Å². The third-order valence-electron chi connectivity index (χ3n) is 4.57. The zero-order valence-electron chi connectivity index (χ0n) is 13.5. The van der Waals surface area contributed by atoms with Crippen LogP contribution in [0.5, 0.6) is 0 Å². The van der Waals surface area contributed by atoms with E-state index in [0.717, 1.165) is 19.0 Å². The van der Waals surface area contributed by atoms with Crippen molar-refractivity contribution in [1.29, 1.82) is 0 Å². The van der Waals surface area contributed by atoms with Crippen molar-refractivity contribution >= 4 is 21.6 Å². The van der Waals surface area contributed by atoms with Crippen LogP contribution in [0.1, 0.15) is 51.5 Å². The van der Waals surface area contributed by atoms with Crippen LogP contribution in [-0.2, 0) is 6.54 Å². The summed E-state index contributed by atoms with van der Waals surface area (Å²) < 4.78 is 1.24. The van der Waals surface area contributed by atoms with Gasteiger partial charge in [0.05, 0.1) is 0 Å². The molecule has 118 valence electrons. The van der Waals surface area contributed by atoms with Crippen LogP contribution in [0.4, 0.5) is 5.69 Å². The van der Waals surface area contributed by atoms with Crippen molar-refractivity contribution in [3.63, 3.8) is 0 Å². The fourth-order valence-corrected chi connectivity index (χ4v) is 3.61. The first-order chi connectivity index (χ1) is 10.2. The summed E-state index contributed by atoms with van der Waals surface area (Å²) in [5, 5.41) is 3.47. The molecule has 0 spiro atoms. The van der Waals surface area contributed by atoms with Gasteiger partial charge in [-0.2, -0.15) is 0 Å². The van der Waals surface area contributed by atoms with Crippen LogP contribution in [0, 0.1) is 5.92 Å². The predicted octanol–water partition coefficient (Wildman–Crippen LogP) is 4.97. The van der Waals surface area contributed by atoms with E-state index >= 15 is 0 Å². The van der Waals surface area contributed by atoms with Crippen molar-refractivity contribution in [1.82, 2.24) is 5.32 Å². The second kappa shape index (κ2) is 8.79. The van der Waals surface area contributed by atoms with Crippen LogP contribution in [0.2, 0.25) is 0 Å². The minimum absolute atomic E-state index is 0.927. The highest BCUT2D eigenvalue weighted by Crippen LogP contribution is 2.28. The number of benzene rings is 1. The molecule has 0 saturated carbocycles. The second-order valence-electron chi connectivity index (χ2n) is 6.14. The van der Waals surface area contributed by atoms with Gasteiger partial charge in [-0.1, -0.05) is 42.3 Å². The molecule has 1 heterocycles. The molecule has 1 aromatic carbocycles. The van der Waals surface area contributed by atoms with Crippen molar-refractivity contribution in [2.24, 2.45) is 5.92 Å². The first-order valence-electron chi connectivity index (χ1n) is 8.48. The molecule has 0 radical (unpaired) electrons. The molecule has 2 nitrogen and oxygen atoms in total. The molecular formula is C18H29BrN2. The molecular weight excluding hydrogens is 324 g/mol. The summed E-state index contributed by atoms with van der Waals surface area (Å²) in [7, 11) is 0. The van der Waals surface area contributed by atoms with E-state index < -0.39 is 0 Å². The number of hydrogen-bond acceptors (Lipinski definition) is 2. The van der Waals surface area contributed by atoms with Crippen molar-refractivity contribution in [3.8, 4) is 0 Å². The third-order valence-corrected chi connectivity index (χ3v) is 5.31. The number of hydrogen-bond donors (Lipinski definition) is 1. The molecule has 1 fully saturated rings. The topological polar surface area (TPSA) is 15.3 Å². The van der Waals surface area contributed by atoms with Crippen molar-refractivity contribution in [2.45, 2.75) is 52.5 Å². The van der Waals surface area contributed by atoms with E-state index in [4.69, 9.17) is 0 Å². The molecule has 1 aliphatic rings. The SMILES string of the molecule is CCCNCc1ccc(N2CCCC(CC)CC2)cc1Br. The zero-order valence-corrected chi connectivity index (χ0v) is 15.1. The van der Waals surface area contributed by atoms with Crippen LogP contribution < -0.4 is 10.2 Å². The molecule has 0 aliphatic carbocycles. The summed E-state index contributed by atoms with van der Waals surface area (Å²) in [6.45, 7) is 8.98. The van der Waals surface area contributed by atoms with Gasteiger partial charge in [0.2, 0.25) is 0 Å². The molecule has 1 atom stereocenters. The van der Waals surface area contributed by atoms with Crippen molar-refractivity contribution < 1.29 is 0 Å². The van der Waals surface area contributed by atoms with E-state index in [-0.39, 0.29) is 0 Å². The van der Waals surface area contributed by atoms with E-state index in [9.17, 15) is 0 Å². The molecule has 1 saturated heterocycles. The van der Waals surface area contributed by atoms with E-state index in [1.165, 1.54) is 60.9 Å². The monoisotopic (exact) mass is 352 g/mol. The van der Waals surface area contributed by atoms with Crippen LogP contribution >= 0.6 is 15.9 Å². The molecule has 2 rings (SSSR count). The minimum atomic E-state index is 0.927. The van der Waals surface area contributed by atoms with Gasteiger partial charge in [0.25, 0.3) is 0 Å². The largest absolute Gasteiger partial charge is 0.371 e. The van der Waals surface area contributed by atoms with Gasteiger partial charge < -0.3 is 10.2 Å². The zero-order chi connectivity index (χ0) is 15.1. The second-order valence-corrected chi connectivity index (χ2v) is 7.00. The lowest BCUT2D eigenvalue weighted by molar-refractivity contribution is 0.459. The smallest absolute Gasteiger partial charge is 0.0377 e. The number of anilines is 1. The molecule has 0 amide bonds. The average molecular weight is 353 g/mol. The van der Waals surface area contributed by atoms with Gasteiger partial charge in [-0.05, 0) is 55.8 Å². The Bertz CT molecular complexity index is 433. The van der Waals surface area contributed by atoms with Crippen LogP contribution in [0.3, 0.4) is 0 Å². The Morgan fingerprint density at radius 1 is 1.24 bits per heavy atom. The van der Waals surface area contributed by atoms with Crippen LogP contribution in [0.15, 0.2) is 22.7 Å². The Hall–Kier alpha value is -0.540. The van der Waals surface area contributed by atoms with Gasteiger partial charge in [0, 0.05) is 29.8 Å². The Morgan fingerprint density at radius 2 is 2.10 bits per heavy atom. The lowest BCUT2D eigenvalue weighted by Crippen LogP contribution is -2.24. The lowest BCUT2D eigenvalue weighted by Gasteiger charge is -2.24. The molecule has 1 aliphatic heterocycles. The summed E-state index contributed by atoms with van der Waals surface area (Å²) in [5.74, 6) is 0.927. The standard InChI is InChI=1S/C18H29BrN2/c1-3-10-20-14-16-7-8-17(13-18(16)19)21-11-5-6-15(4-2)9-12-21/h7-8,13,15,20H,3-6,9-12,14H2,1-2H3. The fourth-order valence-electron chi connectivity index (χ4n) is 3.11. The van der Waals surface area contributed by atoms with Gasteiger partial charge in [0.1, 0.15) is 0 Å². The average Bonchev–Trinajstić information content (AvgIpc) is 2.74. The summed E-state index contributed by atoms with van der Waals surface area (Å²) in [6.07, 6.45) is 6.58. The first kappa shape index (κ1) is 16.8. The fraction of sp³-hybridized carbons (Fsp3) is 0.667. The molecule has 21 heavy (non-hydrogen) atoms. The first-order valence-corrected chi connectivity index (χ1v) is 9.28. The van der Waals surface area contributed by atoms with Gasteiger partial charge in [-0.15, -0.1) is 0 Å². The maximum absolute atomic E-state index is 3.74. The quantitative estimate of drug-likeness (QED) is 0.727. The Kier molecular flexibility index (Phi) is 7.05. The predicted molar refractivity (Wildman–Crippen MR) is 96.0 cm³/mol. The summed E-state index contributed by atoms with van der Waals surface area (Å²) >= 11 is 3.74. The van der Waals surface area contributed by atoms with Gasteiger partial charge in [-0.25, -0.2) is 0 Å². The van der Waals surface area contributed by atoms with E-state index in [1.54, 1.807) is 0 Å². The molecule has 0 bridgehead atoms. The highest BCUT2D eigenvalue weighted by Gasteiger charge is 2.16. The highest BCUT2D eigenvalue weighted by molar-refractivity contribution is 9.10. The lowest BCUT2D eigenvalue weighted by atomic mass is 9.98. The maximum Gasteiger partial charge on any atom is 0.0377 e. The summed E-state index contributed by atoms with van der Waals surface area (Å²) in [4.78, 5) is 2.56. The van der Waals surface area contributed by atoms with E-state index in [0.29, 0.717) is 0 Å². The molecule has 3 heteroatoms. The molecule has 1 aromatic rings. The number of rotatable bonds is 6.